The van der Waals surface area contributed by atoms with E-state index in [0.29, 0.717) is 21.3 Å². The Kier molecular flexibility index (Phi) is 4.28. The minimum atomic E-state index is -1.07. The lowest BCUT2D eigenvalue weighted by Gasteiger charge is -2.10. The average Bonchev–Trinajstić information content (AvgIpc) is 2.40. The van der Waals surface area contributed by atoms with Gasteiger partial charge in [-0.2, -0.15) is 0 Å². The molecule has 2 rings (SSSR count). The monoisotopic (exact) mass is 349 g/mol. The Bertz CT molecular complexity index is 728. The van der Waals surface area contributed by atoms with Gasteiger partial charge in [-0.3, -0.25) is 4.79 Å². The molecule has 0 saturated carbocycles. The van der Waals surface area contributed by atoms with Crippen LogP contribution in [0.3, 0.4) is 0 Å². The van der Waals surface area contributed by atoms with Crippen LogP contribution >= 0.6 is 15.9 Å². The molecule has 0 fully saturated rings. The van der Waals surface area contributed by atoms with E-state index in [2.05, 4.69) is 21.2 Å². The van der Waals surface area contributed by atoms with Gasteiger partial charge in [-0.1, -0.05) is 0 Å². The Morgan fingerprint density at radius 2 is 1.86 bits per heavy atom. The molecule has 0 aliphatic carbocycles. The molecule has 2 aromatic carbocycles. The van der Waals surface area contributed by atoms with Crippen LogP contribution < -0.4 is 5.32 Å². The number of aromatic hydroxyl groups is 1. The van der Waals surface area contributed by atoms with E-state index in [4.69, 9.17) is 5.11 Å². The summed E-state index contributed by atoms with van der Waals surface area (Å²) in [5.41, 5.74) is 1.47. The first-order chi connectivity index (χ1) is 9.88. The molecule has 108 valence electrons. The highest BCUT2D eigenvalue weighted by molar-refractivity contribution is 9.10. The number of carboxylic acids is 1. The largest absolute Gasteiger partial charge is 0.508 e. The van der Waals surface area contributed by atoms with Crippen LogP contribution in [0.4, 0.5) is 5.69 Å². The summed E-state index contributed by atoms with van der Waals surface area (Å²) in [6.07, 6.45) is 0. The number of benzene rings is 2. The Morgan fingerprint density at radius 3 is 2.48 bits per heavy atom. The molecule has 3 N–H and O–H groups in total. The van der Waals surface area contributed by atoms with E-state index in [1.165, 1.54) is 30.3 Å². The van der Waals surface area contributed by atoms with Gasteiger partial charge in [-0.25, -0.2) is 4.79 Å². The van der Waals surface area contributed by atoms with E-state index >= 15 is 0 Å². The second-order valence-electron chi connectivity index (χ2n) is 4.45. The van der Waals surface area contributed by atoms with Gasteiger partial charge >= 0.3 is 5.97 Å². The number of phenols is 1. The number of amides is 1. The van der Waals surface area contributed by atoms with Crippen LogP contribution in [0.1, 0.15) is 26.3 Å². The molecule has 1 amide bonds. The third kappa shape index (κ3) is 3.41. The second-order valence-corrected chi connectivity index (χ2v) is 5.31. The molecular weight excluding hydrogens is 338 g/mol. The molecule has 0 bridgehead atoms. The zero-order valence-electron chi connectivity index (χ0n) is 11.1. The van der Waals surface area contributed by atoms with Crippen molar-refractivity contribution < 1.29 is 19.8 Å². The Hall–Kier alpha value is -2.34. The van der Waals surface area contributed by atoms with Gasteiger partial charge in [-0.05, 0) is 64.8 Å². The molecule has 5 nitrogen and oxygen atoms in total. The van der Waals surface area contributed by atoms with Crippen molar-refractivity contribution in [2.75, 3.05) is 5.32 Å². The number of hydrogen-bond donors (Lipinski definition) is 3. The number of aryl methyl sites for hydroxylation is 1. The van der Waals surface area contributed by atoms with Gasteiger partial charge in [0, 0.05) is 10.0 Å². The summed E-state index contributed by atoms with van der Waals surface area (Å²) in [5, 5.41) is 21.0. The molecule has 0 aliphatic heterocycles. The first kappa shape index (κ1) is 15.1. The molecule has 0 saturated heterocycles. The molecule has 0 aliphatic rings. The van der Waals surface area contributed by atoms with Gasteiger partial charge in [0.15, 0.2) is 0 Å². The predicted molar refractivity (Wildman–Crippen MR) is 81.9 cm³/mol. The normalized spacial score (nSPS) is 10.2. The zero-order chi connectivity index (χ0) is 15.6. The first-order valence-electron chi connectivity index (χ1n) is 6.02. The lowest BCUT2D eigenvalue weighted by molar-refractivity contribution is 0.0696. The van der Waals surface area contributed by atoms with Crippen LogP contribution in [0.15, 0.2) is 40.9 Å². The van der Waals surface area contributed by atoms with Crippen LogP contribution in [-0.2, 0) is 0 Å². The first-order valence-corrected chi connectivity index (χ1v) is 6.81. The molecule has 6 heteroatoms. The number of halogens is 1. The molecule has 0 heterocycles. The van der Waals surface area contributed by atoms with E-state index in [0.717, 1.165) is 0 Å². The van der Waals surface area contributed by atoms with Gasteiger partial charge in [0.25, 0.3) is 5.91 Å². The maximum atomic E-state index is 12.2. The molecular formula is C15H12BrNO4. The summed E-state index contributed by atoms with van der Waals surface area (Å²) in [5.74, 6) is -1.37. The molecule has 21 heavy (non-hydrogen) atoms. The van der Waals surface area contributed by atoms with Crippen molar-refractivity contribution in [2.45, 2.75) is 6.92 Å². The van der Waals surface area contributed by atoms with Gasteiger partial charge in [-0.15, -0.1) is 0 Å². The fraction of sp³-hybridized carbons (Fsp3) is 0.0667. The zero-order valence-corrected chi connectivity index (χ0v) is 12.6. The molecule has 0 spiro atoms. The van der Waals surface area contributed by atoms with E-state index in [-0.39, 0.29) is 17.2 Å². The number of carbonyl (C=O) groups is 2. The summed E-state index contributed by atoms with van der Waals surface area (Å²) in [6, 6.07) is 8.79. The Balaban J connectivity index is 2.31. The second kappa shape index (κ2) is 5.97. The average molecular weight is 350 g/mol. The fourth-order valence-corrected chi connectivity index (χ4v) is 2.19. The third-order valence-electron chi connectivity index (χ3n) is 2.92. The topological polar surface area (TPSA) is 86.6 Å². The number of phenolic OH excluding ortho intramolecular Hbond substituents is 1. The molecule has 0 atom stereocenters. The minimum absolute atomic E-state index is 0.0796. The SMILES string of the molecule is Cc1cc(O)ccc1C(=O)Nc1cc(C(=O)O)ccc1Br. The summed E-state index contributed by atoms with van der Waals surface area (Å²) in [7, 11) is 0. The lowest BCUT2D eigenvalue weighted by atomic mass is 10.1. The van der Waals surface area contributed by atoms with Crippen molar-refractivity contribution in [3.8, 4) is 5.75 Å². The van der Waals surface area contributed by atoms with E-state index in [9.17, 15) is 14.7 Å². The van der Waals surface area contributed by atoms with Crippen LogP contribution in [-0.4, -0.2) is 22.1 Å². The van der Waals surface area contributed by atoms with Crippen molar-refractivity contribution in [1.29, 1.82) is 0 Å². The summed E-state index contributed by atoms with van der Waals surface area (Å²) in [4.78, 5) is 23.2. The summed E-state index contributed by atoms with van der Waals surface area (Å²) < 4.78 is 0.581. The van der Waals surface area contributed by atoms with Crippen LogP contribution in [0.2, 0.25) is 0 Å². The smallest absolute Gasteiger partial charge is 0.335 e. The van der Waals surface area contributed by atoms with E-state index in [1.54, 1.807) is 13.0 Å². The van der Waals surface area contributed by atoms with Gasteiger partial charge in [0.1, 0.15) is 5.75 Å². The number of anilines is 1. The maximum Gasteiger partial charge on any atom is 0.335 e. The quantitative estimate of drug-likeness (QED) is 0.792. The van der Waals surface area contributed by atoms with Crippen LogP contribution in [0.25, 0.3) is 0 Å². The van der Waals surface area contributed by atoms with E-state index in [1.807, 2.05) is 0 Å². The van der Waals surface area contributed by atoms with Crippen LogP contribution in [0, 0.1) is 6.92 Å². The highest BCUT2D eigenvalue weighted by Crippen LogP contribution is 2.25. The van der Waals surface area contributed by atoms with Crippen molar-refractivity contribution in [3.05, 3.63) is 57.6 Å². The lowest BCUT2D eigenvalue weighted by Crippen LogP contribution is -2.14. The molecule has 0 radical (unpaired) electrons. The highest BCUT2D eigenvalue weighted by Gasteiger charge is 2.13. The highest BCUT2D eigenvalue weighted by atomic mass is 79.9. The fourth-order valence-electron chi connectivity index (χ4n) is 1.85. The Labute approximate surface area is 129 Å². The van der Waals surface area contributed by atoms with Gasteiger partial charge in [0.05, 0.1) is 11.3 Å². The van der Waals surface area contributed by atoms with Crippen molar-refractivity contribution in [3.63, 3.8) is 0 Å². The maximum absolute atomic E-state index is 12.2. The third-order valence-corrected chi connectivity index (χ3v) is 3.61. The summed E-state index contributed by atoms with van der Waals surface area (Å²) >= 11 is 3.26. The van der Waals surface area contributed by atoms with Crippen molar-refractivity contribution >= 4 is 33.5 Å². The standard InChI is InChI=1S/C15H12BrNO4/c1-8-6-10(18)3-4-11(8)14(19)17-13-7-9(15(20)21)2-5-12(13)16/h2-7,18H,1H3,(H,17,19)(H,20,21). The Morgan fingerprint density at radius 1 is 1.14 bits per heavy atom. The van der Waals surface area contributed by atoms with Gasteiger partial charge in [0.2, 0.25) is 0 Å². The number of carbonyl (C=O) groups excluding carboxylic acids is 1. The number of nitrogens with one attached hydrogen (secondary N) is 1. The van der Waals surface area contributed by atoms with Gasteiger partial charge < -0.3 is 15.5 Å². The predicted octanol–water partition coefficient (Wildman–Crippen LogP) is 3.41. The van der Waals surface area contributed by atoms with Crippen LogP contribution in [0.5, 0.6) is 5.75 Å². The summed E-state index contributed by atoms with van der Waals surface area (Å²) in [6.45, 7) is 1.71. The number of rotatable bonds is 3. The molecule has 2 aromatic rings. The number of aromatic carboxylic acids is 1. The van der Waals surface area contributed by atoms with Crippen molar-refractivity contribution in [1.82, 2.24) is 0 Å². The number of hydrogen-bond acceptors (Lipinski definition) is 3. The van der Waals surface area contributed by atoms with E-state index < -0.39 is 5.97 Å². The minimum Gasteiger partial charge on any atom is -0.508 e. The van der Waals surface area contributed by atoms with Crippen molar-refractivity contribution in [2.24, 2.45) is 0 Å². The molecule has 0 aromatic heterocycles. The number of carboxylic acid groups (broad SMARTS) is 1. The molecule has 0 unspecified atom stereocenters.